The van der Waals surface area contributed by atoms with E-state index in [0.29, 0.717) is 22.7 Å². The maximum atomic E-state index is 14.1. The van der Waals surface area contributed by atoms with E-state index in [2.05, 4.69) is 5.32 Å². The second kappa shape index (κ2) is 5.93. The number of amides is 1. The van der Waals surface area contributed by atoms with Crippen LogP contribution in [0.5, 0.6) is 0 Å². The summed E-state index contributed by atoms with van der Waals surface area (Å²) >= 11 is 6.01. The molecule has 0 spiro atoms. The molecule has 1 N–H and O–H groups in total. The van der Waals surface area contributed by atoms with Gasteiger partial charge in [-0.15, -0.1) is 0 Å². The maximum absolute atomic E-state index is 14.1. The molecule has 2 aromatic carbocycles. The van der Waals surface area contributed by atoms with Gasteiger partial charge in [-0.05, 0) is 36.1 Å². The van der Waals surface area contributed by atoms with Crippen molar-refractivity contribution in [2.24, 2.45) is 5.92 Å². The zero-order chi connectivity index (χ0) is 16.6. The minimum absolute atomic E-state index is 0.217. The monoisotopic (exact) mass is 335 g/mol. The van der Waals surface area contributed by atoms with Crippen molar-refractivity contribution in [1.82, 2.24) is 5.32 Å². The molecule has 0 saturated heterocycles. The van der Waals surface area contributed by atoms with Crippen LogP contribution in [0.2, 0.25) is 5.02 Å². The quantitative estimate of drug-likeness (QED) is 0.885. The van der Waals surface area contributed by atoms with Gasteiger partial charge in [0.05, 0.1) is 10.6 Å². The highest BCUT2D eigenvalue weighted by atomic mass is 35.5. The molecular weight excluding hydrogens is 320 g/mol. The van der Waals surface area contributed by atoms with Crippen LogP contribution in [0.1, 0.15) is 29.3 Å². The Morgan fingerprint density at radius 3 is 2.61 bits per heavy atom. The molecule has 1 fully saturated rings. The molecule has 23 heavy (non-hydrogen) atoms. The molecule has 2 nitrogen and oxygen atoms in total. The van der Waals surface area contributed by atoms with Gasteiger partial charge >= 0.3 is 0 Å². The molecule has 5 heteroatoms. The molecule has 0 radical (unpaired) electrons. The first-order valence-corrected chi connectivity index (χ1v) is 7.80. The summed E-state index contributed by atoms with van der Waals surface area (Å²) < 4.78 is 27.2. The summed E-state index contributed by atoms with van der Waals surface area (Å²) in [6, 6.07) is 10.4. The topological polar surface area (TPSA) is 29.1 Å². The van der Waals surface area contributed by atoms with Crippen LogP contribution < -0.4 is 5.32 Å². The number of halogens is 3. The van der Waals surface area contributed by atoms with E-state index in [1.54, 1.807) is 24.3 Å². The number of carbonyl (C=O) groups excluding carboxylic acids is 1. The predicted molar refractivity (Wildman–Crippen MR) is 85.6 cm³/mol. The lowest BCUT2D eigenvalue weighted by Crippen LogP contribution is -2.34. The average molecular weight is 336 g/mol. The van der Waals surface area contributed by atoms with Gasteiger partial charge in [-0.2, -0.15) is 0 Å². The smallest absolute Gasteiger partial charge is 0.252 e. The Labute approximate surface area is 138 Å². The van der Waals surface area contributed by atoms with E-state index in [4.69, 9.17) is 11.6 Å². The summed E-state index contributed by atoms with van der Waals surface area (Å²) in [5, 5.41) is 3.20. The van der Waals surface area contributed by atoms with Crippen LogP contribution in [0.15, 0.2) is 42.5 Å². The van der Waals surface area contributed by atoms with Gasteiger partial charge in [-0.3, -0.25) is 4.79 Å². The highest BCUT2D eigenvalue weighted by Crippen LogP contribution is 2.54. The van der Waals surface area contributed by atoms with Gasteiger partial charge in [-0.25, -0.2) is 8.78 Å². The highest BCUT2D eigenvalue weighted by molar-refractivity contribution is 6.33. The molecule has 0 aromatic heterocycles. The fourth-order valence-corrected chi connectivity index (χ4v) is 3.30. The molecule has 1 aliphatic carbocycles. The van der Waals surface area contributed by atoms with Crippen molar-refractivity contribution in [1.29, 1.82) is 0 Å². The minimum Gasteiger partial charge on any atom is -0.351 e. The predicted octanol–water partition coefficient (Wildman–Crippen LogP) is 4.33. The molecule has 1 amide bonds. The maximum Gasteiger partial charge on any atom is 0.252 e. The van der Waals surface area contributed by atoms with Crippen molar-refractivity contribution >= 4 is 17.5 Å². The van der Waals surface area contributed by atoms with Gasteiger partial charge in [0.2, 0.25) is 0 Å². The second-order valence-corrected chi connectivity index (χ2v) is 6.46. The number of rotatable bonds is 4. The standard InChI is InChI=1S/C18H16ClF2NO/c1-11-9-18(11,14-7-6-12(20)8-16(14)21)10-22-17(23)13-4-2-3-5-15(13)19/h2-8,11H,9-10H2,1H3,(H,22,23). The van der Waals surface area contributed by atoms with Crippen LogP contribution in [0, 0.1) is 17.6 Å². The van der Waals surface area contributed by atoms with E-state index in [1.807, 2.05) is 6.92 Å². The summed E-state index contributed by atoms with van der Waals surface area (Å²) in [7, 11) is 0. The number of carbonyl (C=O) groups is 1. The fraction of sp³-hybridized carbons (Fsp3) is 0.278. The molecular formula is C18H16ClF2NO. The zero-order valence-electron chi connectivity index (χ0n) is 12.6. The number of hydrogen-bond donors (Lipinski definition) is 1. The van der Waals surface area contributed by atoms with Crippen molar-refractivity contribution in [3.05, 3.63) is 70.2 Å². The molecule has 2 atom stereocenters. The van der Waals surface area contributed by atoms with Gasteiger partial charge < -0.3 is 5.32 Å². The number of hydrogen-bond acceptors (Lipinski definition) is 1. The molecule has 2 unspecified atom stereocenters. The zero-order valence-corrected chi connectivity index (χ0v) is 13.3. The lowest BCUT2D eigenvalue weighted by Gasteiger charge is -2.19. The Hall–Kier alpha value is -1.94. The van der Waals surface area contributed by atoms with Gasteiger partial charge in [0, 0.05) is 18.0 Å². The Bertz CT molecular complexity index is 764. The Morgan fingerprint density at radius 1 is 1.30 bits per heavy atom. The normalized spacial score (nSPS) is 22.7. The van der Waals surface area contributed by atoms with Crippen molar-refractivity contribution in [2.75, 3.05) is 6.54 Å². The Kier molecular flexibility index (Phi) is 4.11. The summed E-state index contributed by atoms with van der Waals surface area (Å²) in [5.74, 6) is -1.25. The van der Waals surface area contributed by atoms with Crippen molar-refractivity contribution < 1.29 is 13.6 Å². The molecule has 0 aliphatic heterocycles. The van der Waals surface area contributed by atoms with Crippen molar-refractivity contribution in [2.45, 2.75) is 18.8 Å². The van der Waals surface area contributed by atoms with Crippen LogP contribution in [0.25, 0.3) is 0 Å². The molecule has 1 saturated carbocycles. The lowest BCUT2D eigenvalue weighted by molar-refractivity contribution is 0.0949. The lowest BCUT2D eigenvalue weighted by atomic mass is 9.92. The third kappa shape index (κ3) is 2.95. The fourth-order valence-electron chi connectivity index (χ4n) is 3.08. The largest absolute Gasteiger partial charge is 0.351 e. The Balaban J connectivity index is 1.78. The van der Waals surface area contributed by atoms with Crippen LogP contribution in [0.3, 0.4) is 0 Å². The van der Waals surface area contributed by atoms with E-state index >= 15 is 0 Å². The third-order valence-electron chi connectivity index (χ3n) is 4.60. The first-order chi connectivity index (χ1) is 10.9. The SMILES string of the molecule is CC1CC1(CNC(=O)c1ccccc1Cl)c1ccc(F)cc1F. The van der Waals surface area contributed by atoms with Gasteiger partial charge in [0.25, 0.3) is 5.91 Å². The first kappa shape index (κ1) is 15.9. The Morgan fingerprint density at radius 2 is 2.00 bits per heavy atom. The first-order valence-electron chi connectivity index (χ1n) is 7.42. The van der Waals surface area contributed by atoms with Crippen molar-refractivity contribution in [3.8, 4) is 0 Å². The van der Waals surface area contributed by atoms with Gasteiger partial charge in [-0.1, -0.05) is 36.7 Å². The number of nitrogens with one attached hydrogen (secondary N) is 1. The van der Waals surface area contributed by atoms with E-state index in [-0.39, 0.29) is 11.8 Å². The molecule has 3 rings (SSSR count). The average Bonchev–Trinajstić information content (AvgIpc) is 3.16. The van der Waals surface area contributed by atoms with Crippen LogP contribution in [-0.4, -0.2) is 12.5 Å². The van der Waals surface area contributed by atoms with E-state index in [9.17, 15) is 13.6 Å². The number of benzene rings is 2. The van der Waals surface area contributed by atoms with Crippen molar-refractivity contribution in [3.63, 3.8) is 0 Å². The summed E-state index contributed by atoms with van der Waals surface area (Å²) in [6.45, 7) is 2.28. The minimum atomic E-state index is -0.602. The highest BCUT2D eigenvalue weighted by Gasteiger charge is 2.53. The van der Waals surface area contributed by atoms with E-state index in [0.717, 1.165) is 12.5 Å². The van der Waals surface area contributed by atoms with E-state index in [1.165, 1.54) is 12.1 Å². The summed E-state index contributed by atoms with van der Waals surface area (Å²) in [6.07, 6.45) is 0.748. The summed E-state index contributed by atoms with van der Waals surface area (Å²) in [4.78, 5) is 12.3. The van der Waals surface area contributed by atoms with Crippen LogP contribution in [-0.2, 0) is 5.41 Å². The summed E-state index contributed by atoms with van der Waals surface area (Å²) in [5.41, 5.74) is 0.359. The second-order valence-electron chi connectivity index (χ2n) is 6.05. The van der Waals surface area contributed by atoms with Crippen LogP contribution >= 0.6 is 11.6 Å². The molecule has 1 aliphatic rings. The molecule has 0 bridgehead atoms. The van der Waals surface area contributed by atoms with Gasteiger partial charge in [0.15, 0.2) is 0 Å². The molecule has 0 heterocycles. The van der Waals surface area contributed by atoms with Crippen LogP contribution in [0.4, 0.5) is 8.78 Å². The molecule has 2 aromatic rings. The van der Waals surface area contributed by atoms with Gasteiger partial charge in [0.1, 0.15) is 11.6 Å². The third-order valence-corrected chi connectivity index (χ3v) is 4.93. The molecule has 120 valence electrons. The van der Waals surface area contributed by atoms with E-state index < -0.39 is 17.0 Å².